The number of rotatable bonds is 2. The van der Waals surface area contributed by atoms with Crippen molar-refractivity contribution in [1.82, 2.24) is 5.32 Å². The fraction of sp³-hybridized carbons (Fsp3) is 0.417. The quantitative estimate of drug-likeness (QED) is 0.859. The van der Waals surface area contributed by atoms with E-state index in [4.69, 9.17) is 10.00 Å². The van der Waals surface area contributed by atoms with Crippen molar-refractivity contribution in [3.05, 3.63) is 29.8 Å². The number of halogens is 1. The van der Waals surface area contributed by atoms with E-state index >= 15 is 0 Å². The van der Waals surface area contributed by atoms with E-state index in [1.807, 2.05) is 18.2 Å². The normalized spacial score (nSPS) is 19.3. The van der Waals surface area contributed by atoms with Gasteiger partial charge in [-0.2, -0.15) is 5.26 Å². The zero-order chi connectivity index (χ0) is 10.5. The van der Waals surface area contributed by atoms with Crippen molar-refractivity contribution in [3.63, 3.8) is 0 Å². The summed E-state index contributed by atoms with van der Waals surface area (Å²) in [6.45, 7) is 1.94. The number of hydrogen-bond acceptors (Lipinski definition) is 3. The van der Waals surface area contributed by atoms with Gasteiger partial charge in [-0.15, -0.1) is 12.4 Å². The summed E-state index contributed by atoms with van der Waals surface area (Å²) in [4.78, 5) is 0. The summed E-state index contributed by atoms with van der Waals surface area (Å²) in [5.41, 5.74) is 0.614. The zero-order valence-electron chi connectivity index (χ0n) is 8.98. The summed E-state index contributed by atoms with van der Waals surface area (Å²) >= 11 is 0. The number of ether oxygens (including phenoxy) is 1. The molecule has 0 aromatic heterocycles. The van der Waals surface area contributed by atoms with Crippen molar-refractivity contribution in [2.45, 2.75) is 18.9 Å². The third-order valence-electron chi connectivity index (χ3n) is 2.55. The van der Waals surface area contributed by atoms with Gasteiger partial charge in [0.2, 0.25) is 0 Å². The van der Waals surface area contributed by atoms with E-state index in [2.05, 4.69) is 11.4 Å². The molecular weight excluding hydrogens is 224 g/mol. The van der Waals surface area contributed by atoms with Crippen LogP contribution >= 0.6 is 12.4 Å². The van der Waals surface area contributed by atoms with Crippen LogP contribution in [0.15, 0.2) is 24.3 Å². The first-order valence-corrected chi connectivity index (χ1v) is 5.26. The third kappa shape index (κ3) is 3.13. The average molecular weight is 239 g/mol. The van der Waals surface area contributed by atoms with Crippen LogP contribution in [0.3, 0.4) is 0 Å². The second-order valence-corrected chi connectivity index (χ2v) is 3.69. The number of hydrogen-bond donors (Lipinski definition) is 1. The number of piperidine rings is 1. The van der Waals surface area contributed by atoms with Crippen LogP contribution in [0.5, 0.6) is 5.75 Å². The largest absolute Gasteiger partial charge is 0.488 e. The van der Waals surface area contributed by atoms with Gasteiger partial charge in [0.25, 0.3) is 0 Å². The molecule has 1 aliphatic rings. The van der Waals surface area contributed by atoms with E-state index in [0.717, 1.165) is 25.9 Å². The Morgan fingerprint density at radius 1 is 1.38 bits per heavy atom. The molecule has 1 atom stereocenters. The molecule has 3 nitrogen and oxygen atoms in total. The molecule has 1 N–H and O–H groups in total. The van der Waals surface area contributed by atoms with Crippen LogP contribution in [-0.4, -0.2) is 19.2 Å². The lowest BCUT2D eigenvalue weighted by atomic mass is 10.1. The lowest BCUT2D eigenvalue weighted by molar-refractivity contribution is 0.166. The molecule has 0 bridgehead atoms. The number of nitrogens with one attached hydrogen (secondary N) is 1. The van der Waals surface area contributed by atoms with E-state index in [1.54, 1.807) is 6.07 Å². The van der Waals surface area contributed by atoms with Crippen LogP contribution < -0.4 is 10.1 Å². The summed E-state index contributed by atoms with van der Waals surface area (Å²) in [5, 5.41) is 12.2. The summed E-state index contributed by atoms with van der Waals surface area (Å²) in [5.74, 6) is 0.703. The van der Waals surface area contributed by atoms with Crippen LogP contribution in [0, 0.1) is 11.3 Å². The van der Waals surface area contributed by atoms with Gasteiger partial charge in [-0.25, -0.2) is 0 Å². The maximum atomic E-state index is 8.90. The Balaban J connectivity index is 0.00000128. The fourth-order valence-electron chi connectivity index (χ4n) is 1.76. The Hall–Kier alpha value is -1.24. The Morgan fingerprint density at radius 3 is 2.88 bits per heavy atom. The molecule has 0 amide bonds. The Morgan fingerprint density at radius 2 is 2.19 bits per heavy atom. The lowest BCUT2D eigenvalue weighted by Crippen LogP contribution is -2.37. The van der Waals surface area contributed by atoms with Crippen molar-refractivity contribution in [2.24, 2.45) is 0 Å². The topological polar surface area (TPSA) is 45.0 Å². The number of nitrogens with zero attached hydrogens (tertiary/aromatic N) is 1. The first-order valence-electron chi connectivity index (χ1n) is 5.26. The molecule has 1 fully saturated rings. The summed E-state index contributed by atoms with van der Waals surface area (Å²) in [6, 6.07) is 9.52. The maximum absolute atomic E-state index is 8.90. The molecule has 86 valence electrons. The highest BCUT2D eigenvalue weighted by molar-refractivity contribution is 5.85. The molecule has 0 radical (unpaired) electrons. The number of nitriles is 1. The molecular formula is C12H15ClN2O. The van der Waals surface area contributed by atoms with Gasteiger partial charge >= 0.3 is 0 Å². The molecule has 4 heteroatoms. The van der Waals surface area contributed by atoms with Crippen LogP contribution in [0.4, 0.5) is 0 Å². The third-order valence-corrected chi connectivity index (χ3v) is 2.55. The van der Waals surface area contributed by atoms with Crippen molar-refractivity contribution < 1.29 is 4.74 Å². The van der Waals surface area contributed by atoms with E-state index in [0.29, 0.717) is 11.3 Å². The predicted molar refractivity (Wildman–Crippen MR) is 64.9 cm³/mol. The monoisotopic (exact) mass is 238 g/mol. The minimum Gasteiger partial charge on any atom is -0.488 e. The van der Waals surface area contributed by atoms with Crippen molar-refractivity contribution in [1.29, 1.82) is 5.26 Å². The second-order valence-electron chi connectivity index (χ2n) is 3.69. The van der Waals surface area contributed by atoms with Gasteiger partial charge in [0.05, 0.1) is 5.56 Å². The highest BCUT2D eigenvalue weighted by Crippen LogP contribution is 2.20. The van der Waals surface area contributed by atoms with Crippen molar-refractivity contribution >= 4 is 12.4 Å². The van der Waals surface area contributed by atoms with Gasteiger partial charge in [0.15, 0.2) is 0 Å². The van der Waals surface area contributed by atoms with Gasteiger partial charge in [0.1, 0.15) is 17.9 Å². The van der Waals surface area contributed by atoms with E-state index in [1.165, 1.54) is 0 Å². The molecule has 0 aliphatic carbocycles. The van der Waals surface area contributed by atoms with Gasteiger partial charge in [-0.3, -0.25) is 0 Å². The molecule has 1 unspecified atom stereocenters. The zero-order valence-corrected chi connectivity index (χ0v) is 9.80. The molecule has 1 aliphatic heterocycles. The predicted octanol–water partition coefficient (Wildman–Crippen LogP) is 2.11. The van der Waals surface area contributed by atoms with Gasteiger partial charge in [-0.1, -0.05) is 12.1 Å². The fourth-order valence-corrected chi connectivity index (χ4v) is 1.76. The van der Waals surface area contributed by atoms with Crippen LogP contribution in [0.1, 0.15) is 18.4 Å². The molecule has 16 heavy (non-hydrogen) atoms. The smallest absolute Gasteiger partial charge is 0.137 e. The van der Waals surface area contributed by atoms with Gasteiger partial charge < -0.3 is 10.1 Å². The van der Waals surface area contributed by atoms with Gasteiger partial charge in [0, 0.05) is 6.54 Å². The van der Waals surface area contributed by atoms with Crippen molar-refractivity contribution in [3.8, 4) is 11.8 Å². The highest BCUT2D eigenvalue weighted by atomic mass is 35.5. The van der Waals surface area contributed by atoms with E-state index in [-0.39, 0.29) is 18.5 Å². The second kappa shape index (κ2) is 6.37. The molecule has 1 saturated heterocycles. The average Bonchev–Trinajstić information content (AvgIpc) is 2.31. The van der Waals surface area contributed by atoms with E-state index in [9.17, 15) is 0 Å². The van der Waals surface area contributed by atoms with Gasteiger partial charge in [-0.05, 0) is 31.5 Å². The molecule has 1 aromatic rings. The molecule has 1 heterocycles. The maximum Gasteiger partial charge on any atom is 0.137 e. The molecule has 2 rings (SSSR count). The summed E-state index contributed by atoms with van der Waals surface area (Å²) in [7, 11) is 0. The Kier molecular flexibility index (Phi) is 5.10. The lowest BCUT2D eigenvalue weighted by Gasteiger charge is -2.24. The van der Waals surface area contributed by atoms with Crippen LogP contribution in [0.2, 0.25) is 0 Å². The van der Waals surface area contributed by atoms with Crippen LogP contribution in [0.25, 0.3) is 0 Å². The Labute approximate surface area is 102 Å². The minimum atomic E-state index is 0. The standard InChI is InChI=1S/C12H14N2O.ClH/c13-8-10-4-1-2-6-12(10)15-11-5-3-7-14-9-11;/h1-2,4,6,11,14H,3,5,7,9H2;1H. The van der Waals surface area contributed by atoms with Crippen LogP contribution in [-0.2, 0) is 0 Å². The number of benzene rings is 1. The SMILES string of the molecule is Cl.N#Cc1ccccc1OC1CCCNC1. The first-order chi connectivity index (χ1) is 7.40. The number of para-hydroxylation sites is 1. The van der Waals surface area contributed by atoms with E-state index < -0.39 is 0 Å². The first kappa shape index (κ1) is 12.8. The van der Waals surface area contributed by atoms with Crippen molar-refractivity contribution in [2.75, 3.05) is 13.1 Å². The molecule has 0 spiro atoms. The molecule has 1 aromatic carbocycles. The summed E-state index contributed by atoms with van der Waals surface area (Å²) < 4.78 is 5.79. The minimum absolute atomic E-state index is 0. The Bertz CT molecular complexity index is 370. The molecule has 0 saturated carbocycles. The summed E-state index contributed by atoms with van der Waals surface area (Å²) in [6.07, 6.45) is 2.40. The highest BCUT2D eigenvalue weighted by Gasteiger charge is 2.15.